The molecule has 3 nitrogen and oxygen atoms in total. The first-order valence-electron chi connectivity index (χ1n) is 6.57. The van der Waals surface area contributed by atoms with Crippen LogP contribution in [0.2, 0.25) is 5.02 Å². The van der Waals surface area contributed by atoms with E-state index in [2.05, 4.69) is 17.2 Å². The second kappa shape index (κ2) is 5.27. The summed E-state index contributed by atoms with van der Waals surface area (Å²) in [4.78, 5) is 0. The predicted molar refractivity (Wildman–Crippen MR) is 82.8 cm³/mol. The van der Waals surface area contributed by atoms with E-state index < -0.39 is 0 Å². The van der Waals surface area contributed by atoms with Crippen molar-refractivity contribution in [2.75, 3.05) is 0 Å². The molecule has 0 fully saturated rings. The number of benzene rings is 2. The standard InChI is InChI=1S/C16H16ClN3/c1-20-15-5-3-2-4-13(15)16(19-20)14(18)10-11-6-8-12(17)9-7-11/h2-9,14H,10,18H2,1H3. The van der Waals surface area contributed by atoms with Crippen LogP contribution in [-0.4, -0.2) is 9.78 Å². The van der Waals surface area contributed by atoms with Crippen LogP contribution < -0.4 is 5.73 Å². The lowest BCUT2D eigenvalue weighted by Gasteiger charge is -2.09. The normalized spacial score (nSPS) is 12.8. The van der Waals surface area contributed by atoms with E-state index in [1.165, 1.54) is 0 Å². The van der Waals surface area contributed by atoms with Gasteiger partial charge in [0, 0.05) is 17.5 Å². The van der Waals surface area contributed by atoms with Gasteiger partial charge >= 0.3 is 0 Å². The van der Waals surface area contributed by atoms with Crippen LogP contribution in [0.3, 0.4) is 0 Å². The Labute approximate surface area is 123 Å². The van der Waals surface area contributed by atoms with Crippen molar-refractivity contribution in [3.63, 3.8) is 0 Å². The zero-order valence-corrected chi connectivity index (χ0v) is 12.0. The second-order valence-corrected chi connectivity index (χ2v) is 5.40. The van der Waals surface area contributed by atoms with E-state index in [4.69, 9.17) is 17.3 Å². The smallest absolute Gasteiger partial charge is 0.0873 e. The molecule has 20 heavy (non-hydrogen) atoms. The number of nitrogens with zero attached hydrogens (tertiary/aromatic N) is 2. The van der Waals surface area contributed by atoms with Crippen molar-refractivity contribution < 1.29 is 0 Å². The number of fused-ring (bicyclic) bond motifs is 1. The van der Waals surface area contributed by atoms with Gasteiger partial charge in [-0.05, 0) is 30.2 Å². The molecular formula is C16H16ClN3. The number of nitrogens with two attached hydrogens (primary N) is 1. The van der Waals surface area contributed by atoms with Crippen LogP contribution in [0.15, 0.2) is 48.5 Å². The summed E-state index contributed by atoms with van der Waals surface area (Å²) in [5, 5.41) is 6.43. The molecule has 0 spiro atoms. The third-order valence-electron chi connectivity index (χ3n) is 3.51. The van der Waals surface area contributed by atoms with Gasteiger partial charge in [-0.2, -0.15) is 5.10 Å². The summed E-state index contributed by atoms with van der Waals surface area (Å²) in [6.45, 7) is 0. The van der Waals surface area contributed by atoms with Gasteiger partial charge in [0.15, 0.2) is 0 Å². The van der Waals surface area contributed by atoms with Gasteiger partial charge in [0.05, 0.1) is 17.3 Å². The molecular weight excluding hydrogens is 270 g/mol. The summed E-state index contributed by atoms with van der Waals surface area (Å²) < 4.78 is 1.88. The Kier molecular flexibility index (Phi) is 3.47. The first-order valence-corrected chi connectivity index (χ1v) is 6.94. The van der Waals surface area contributed by atoms with E-state index in [9.17, 15) is 0 Å². The van der Waals surface area contributed by atoms with Crippen LogP contribution in [0.25, 0.3) is 10.9 Å². The number of rotatable bonds is 3. The molecule has 0 saturated carbocycles. The first kappa shape index (κ1) is 13.2. The molecule has 1 atom stereocenters. The summed E-state index contributed by atoms with van der Waals surface area (Å²) in [5.41, 5.74) is 9.55. The Morgan fingerprint density at radius 2 is 1.85 bits per heavy atom. The average molecular weight is 286 g/mol. The number of aromatic nitrogens is 2. The molecule has 0 aliphatic rings. The number of hydrogen-bond acceptors (Lipinski definition) is 2. The Balaban J connectivity index is 1.92. The van der Waals surface area contributed by atoms with Crippen molar-refractivity contribution in [3.05, 3.63) is 64.8 Å². The maximum atomic E-state index is 6.34. The third-order valence-corrected chi connectivity index (χ3v) is 3.76. The fourth-order valence-electron chi connectivity index (χ4n) is 2.49. The lowest BCUT2D eigenvalue weighted by molar-refractivity contribution is 0.665. The zero-order chi connectivity index (χ0) is 14.1. The van der Waals surface area contributed by atoms with Crippen molar-refractivity contribution in [2.24, 2.45) is 12.8 Å². The Hall–Kier alpha value is -1.84. The van der Waals surface area contributed by atoms with Gasteiger partial charge in [0.2, 0.25) is 0 Å². The number of hydrogen-bond donors (Lipinski definition) is 1. The molecule has 1 aromatic heterocycles. The Morgan fingerprint density at radius 3 is 2.60 bits per heavy atom. The minimum atomic E-state index is -0.123. The quantitative estimate of drug-likeness (QED) is 0.801. The minimum absolute atomic E-state index is 0.123. The molecule has 0 amide bonds. The Bertz CT molecular complexity index is 731. The molecule has 0 aliphatic heterocycles. The minimum Gasteiger partial charge on any atom is -0.322 e. The number of para-hydroxylation sites is 1. The first-order chi connectivity index (χ1) is 9.65. The number of halogens is 1. The summed E-state index contributed by atoms with van der Waals surface area (Å²) in [6.07, 6.45) is 0.748. The topological polar surface area (TPSA) is 43.8 Å². The maximum Gasteiger partial charge on any atom is 0.0873 e. The fourth-order valence-corrected chi connectivity index (χ4v) is 2.61. The van der Waals surface area contributed by atoms with E-state index in [1.54, 1.807) is 0 Å². The van der Waals surface area contributed by atoms with E-state index >= 15 is 0 Å². The van der Waals surface area contributed by atoms with E-state index in [0.717, 1.165) is 33.6 Å². The van der Waals surface area contributed by atoms with Gasteiger partial charge in [-0.3, -0.25) is 4.68 Å². The lowest BCUT2D eigenvalue weighted by Crippen LogP contribution is -2.14. The summed E-state index contributed by atoms with van der Waals surface area (Å²) in [6, 6.07) is 15.8. The molecule has 0 saturated heterocycles. The van der Waals surface area contributed by atoms with Crippen LogP contribution in [0.1, 0.15) is 17.3 Å². The molecule has 0 bridgehead atoms. The predicted octanol–water partition coefficient (Wildman–Crippen LogP) is 3.47. The van der Waals surface area contributed by atoms with Gasteiger partial charge in [0.1, 0.15) is 0 Å². The lowest BCUT2D eigenvalue weighted by atomic mass is 10.0. The van der Waals surface area contributed by atoms with E-state index in [1.807, 2.05) is 48.1 Å². The van der Waals surface area contributed by atoms with Crippen molar-refractivity contribution in [1.82, 2.24) is 9.78 Å². The van der Waals surface area contributed by atoms with E-state index in [0.29, 0.717) is 0 Å². The SMILES string of the molecule is Cn1nc(C(N)Cc2ccc(Cl)cc2)c2ccccc21. The summed E-state index contributed by atoms with van der Waals surface area (Å²) >= 11 is 5.90. The molecule has 3 rings (SSSR count). The van der Waals surface area contributed by atoms with Gasteiger partial charge < -0.3 is 5.73 Å². The Morgan fingerprint density at radius 1 is 1.15 bits per heavy atom. The van der Waals surface area contributed by atoms with Crippen molar-refractivity contribution in [2.45, 2.75) is 12.5 Å². The average Bonchev–Trinajstić information content (AvgIpc) is 2.79. The highest BCUT2D eigenvalue weighted by Crippen LogP contribution is 2.24. The van der Waals surface area contributed by atoms with Gasteiger partial charge in [-0.1, -0.05) is 41.9 Å². The van der Waals surface area contributed by atoms with Crippen LogP contribution in [0.5, 0.6) is 0 Å². The molecule has 102 valence electrons. The third kappa shape index (κ3) is 2.42. The highest BCUT2D eigenvalue weighted by atomic mass is 35.5. The molecule has 2 N–H and O–H groups in total. The van der Waals surface area contributed by atoms with Crippen molar-refractivity contribution >= 4 is 22.5 Å². The molecule has 3 aromatic rings. The highest BCUT2D eigenvalue weighted by Gasteiger charge is 2.15. The molecule has 4 heteroatoms. The largest absolute Gasteiger partial charge is 0.322 e. The van der Waals surface area contributed by atoms with E-state index in [-0.39, 0.29) is 6.04 Å². The number of aryl methyl sites for hydroxylation is 1. The highest BCUT2D eigenvalue weighted by molar-refractivity contribution is 6.30. The molecule has 0 aliphatic carbocycles. The van der Waals surface area contributed by atoms with Crippen LogP contribution in [0, 0.1) is 0 Å². The second-order valence-electron chi connectivity index (χ2n) is 4.96. The molecule has 1 unspecified atom stereocenters. The monoisotopic (exact) mass is 285 g/mol. The summed E-state index contributed by atoms with van der Waals surface area (Å²) in [7, 11) is 1.95. The van der Waals surface area contributed by atoms with Crippen molar-refractivity contribution in [3.8, 4) is 0 Å². The van der Waals surface area contributed by atoms with Gasteiger partial charge in [-0.15, -0.1) is 0 Å². The maximum absolute atomic E-state index is 6.34. The molecule has 1 heterocycles. The van der Waals surface area contributed by atoms with Crippen LogP contribution in [-0.2, 0) is 13.5 Å². The zero-order valence-electron chi connectivity index (χ0n) is 11.3. The van der Waals surface area contributed by atoms with Crippen LogP contribution >= 0.6 is 11.6 Å². The summed E-state index contributed by atoms with van der Waals surface area (Å²) in [5.74, 6) is 0. The van der Waals surface area contributed by atoms with Gasteiger partial charge in [0.25, 0.3) is 0 Å². The van der Waals surface area contributed by atoms with Gasteiger partial charge in [-0.25, -0.2) is 0 Å². The van der Waals surface area contributed by atoms with Crippen LogP contribution in [0.4, 0.5) is 0 Å². The molecule has 2 aromatic carbocycles. The molecule has 0 radical (unpaired) electrons. The fraction of sp³-hybridized carbons (Fsp3) is 0.188. The van der Waals surface area contributed by atoms with Crippen molar-refractivity contribution in [1.29, 1.82) is 0 Å².